The quantitative estimate of drug-likeness (QED) is 0.718. The molecule has 4 nitrogen and oxygen atoms in total. The molecule has 6 heteroatoms. The van der Waals surface area contributed by atoms with E-state index in [1.54, 1.807) is 24.3 Å². The Balaban J connectivity index is 2.31. The maximum atomic E-state index is 13.3. The van der Waals surface area contributed by atoms with E-state index in [1.807, 2.05) is 0 Å². The van der Waals surface area contributed by atoms with Crippen molar-refractivity contribution in [2.45, 2.75) is 0 Å². The molecule has 20 heavy (non-hydrogen) atoms. The van der Waals surface area contributed by atoms with Crippen LogP contribution in [0.5, 0.6) is 5.75 Å². The van der Waals surface area contributed by atoms with Gasteiger partial charge in [0, 0.05) is 0 Å². The van der Waals surface area contributed by atoms with Crippen LogP contribution in [0.3, 0.4) is 0 Å². The molecule has 2 N–H and O–H groups in total. The number of H-pyrrole nitrogens is 1. The molecule has 2 aromatic carbocycles. The molecule has 0 amide bonds. The minimum atomic E-state index is -0.589. The summed E-state index contributed by atoms with van der Waals surface area (Å²) in [4.78, 5) is 18.8. The molecule has 0 spiro atoms. The highest BCUT2D eigenvalue weighted by Crippen LogP contribution is 2.35. The van der Waals surface area contributed by atoms with Crippen LogP contribution in [-0.4, -0.2) is 15.1 Å². The van der Waals surface area contributed by atoms with Crippen molar-refractivity contribution in [2.24, 2.45) is 0 Å². The van der Waals surface area contributed by atoms with Crippen LogP contribution in [0.25, 0.3) is 22.3 Å². The van der Waals surface area contributed by atoms with Gasteiger partial charge in [-0.15, -0.1) is 0 Å². The van der Waals surface area contributed by atoms with Crippen molar-refractivity contribution in [1.82, 2.24) is 9.97 Å². The van der Waals surface area contributed by atoms with E-state index >= 15 is 0 Å². The van der Waals surface area contributed by atoms with E-state index in [9.17, 15) is 14.3 Å². The molecular weight excluding hydrogens is 327 g/mol. The summed E-state index contributed by atoms with van der Waals surface area (Å²) in [6.45, 7) is 0. The number of rotatable bonds is 1. The molecule has 0 aliphatic carbocycles. The van der Waals surface area contributed by atoms with Crippen LogP contribution in [0.2, 0.25) is 0 Å². The third kappa shape index (κ3) is 1.98. The van der Waals surface area contributed by atoms with Crippen LogP contribution in [0.4, 0.5) is 4.39 Å². The molecule has 0 bridgehead atoms. The molecule has 3 aromatic rings. The van der Waals surface area contributed by atoms with Gasteiger partial charge in [-0.3, -0.25) is 4.79 Å². The van der Waals surface area contributed by atoms with Gasteiger partial charge in [0.05, 0.1) is 20.9 Å². The molecule has 100 valence electrons. The van der Waals surface area contributed by atoms with E-state index in [1.165, 1.54) is 12.1 Å². The number of halogens is 2. The molecule has 3 rings (SSSR count). The third-order valence-corrected chi connectivity index (χ3v) is 3.69. The number of hydrogen-bond acceptors (Lipinski definition) is 3. The van der Waals surface area contributed by atoms with E-state index in [0.717, 1.165) is 0 Å². The van der Waals surface area contributed by atoms with Crippen molar-refractivity contribution in [3.63, 3.8) is 0 Å². The van der Waals surface area contributed by atoms with Gasteiger partial charge in [-0.05, 0) is 40.2 Å². The Kier molecular flexibility index (Phi) is 3.02. The molecule has 0 saturated heterocycles. The summed E-state index contributed by atoms with van der Waals surface area (Å²) in [6.07, 6.45) is 0. The molecule has 0 fully saturated rings. The molecule has 0 unspecified atom stereocenters. The Labute approximate surface area is 121 Å². The average Bonchev–Trinajstić information content (AvgIpc) is 2.45. The summed E-state index contributed by atoms with van der Waals surface area (Å²) < 4.78 is 13.2. The number of hydrogen-bond donors (Lipinski definition) is 2. The van der Waals surface area contributed by atoms with Crippen LogP contribution < -0.4 is 5.56 Å². The molecular formula is C14H8BrFN2O2. The lowest BCUT2D eigenvalue weighted by Gasteiger charge is -2.07. The van der Waals surface area contributed by atoms with E-state index in [0.29, 0.717) is 10.9 Å². The monoisotopic (exact) mass is 334 g/mol. The molecule has 1 aromatic heterocycles. The number of fused-ring (bicyclic) bond motifs is 1. The molecule has 1 heterocycles. The minimum Gasteiger partial charge on any atom is -0.506 e. The lowest BCUT2D eigenvalue weighted by molar-refractivity contribution is 0.466. The van der Waals surface area contributed by atoms with Crippen LogP contribution >= 0.6 is 15.9 Å². The zero-order valence-electron chi connectivity index (χ0n) is 10.0. The molecule has 0 atom stereocenters. The van der Waals surface area contributed by atoms with Crippen molar-refractivity contribution in [1.29, 1.82) is 0 Å². The van der Waals surface area contributed by atoms with Crippen LogP contribution in [0.1, 0.15) is 0 Å². The number of aromatic amines is 1. The number of phenols is 1. The van der Waals surface area contributed by atoms with Crippen molar-refractivity contribution in [3.8, 4) is 17.1 Å². The van der Waals surface area contributed by atoms with Crippen LogP contribution in [0, 0.1) is 5.82 Å². The first-order chi connectivity index (χ1) is 9.58. The first kappa shape index (κ1) is 12.8. The van der Waals surface area contributed by atoms with Crippen LogP contribution in [-0.2, 0) is 0 Å². The number of benzene rings is 2. The maximum absolute atomic E-state index is 13.3. The second-order valence-corrected chi connectivity index (χ2v) is 4.98. The minimum absolute atomic E-state index is 0.0641. The highest BCUT2D eigenvalue weighted by atomic mass is 79.9. The number of nitrogens with one attached hydrogen (secondary N) is 1. The Morgan fingerprint density at radius 1 is 1.20 bits per heavy atom. The molecule has 0 aliphatic rings. The van der Waals surface area contributed by atoms with E-state index < -0.39 is 5.82 Å². The van der Waals surface area contributed by atoms with Gasteiger partial charge in [0.15, 0.2) is 0 Å². The van der Waals surface area contributed by atoms with Gasteiger partial charge in [-0.25, -0.2) is 9.37 Å². The van der Waals surface area contributed by atoms with Gasteiger partial charge in [0.2, 0.25) is 0 Å². The maximum Gasteiger partial charge on any atom is 0.259 e. The zero-order valence-corrected chi connectivity index (χ0v) is 11.6. The van der Waals surface area contributed by atoms with Crippen LogP contribution in [0.15, 0.2) is 45.7 Å². The second kappa shape index (κ2) is 4.72. The van der Waals surface area contributed by atoms with Crippen molar-refractivity contribution < 1.29 is 9.50 Å². The van der Waals surface area contributed by atoms with E-state index in [-0.39, 0.29) is 27.2 Å². The fourth-order valence-corrected chi connectivity index (χ4v) is 2.29. The lowest BCUT2D eigenvalue weighted by atomic mass is 10.1. The predicted molar refractivity (Wildman–Crippen MR) is 77.1 cm³/mol. The van der Waals surface area contributed by atoms with Gasteiger partial charge in [0.1, 0.15) is 17.4 Å². The first-order valence-corrected chi connectivity index (χ1v) is 6.53. The molecule has 0 radical (unpaired) electrons. The third-order valence-electron chi connectivity index (χ3n) is 2.94. The summed E-state index contributed by atoms with van der Waals surface area (Å²) in [5.41, 5.74) is 0.442. The number of nitrogens with zero attached hydrogens (tertiary/aromatic N) is 1. The standard InChI is InChI=1S/C14H8BrFN2O2/c15-11-9(16)6-5-8(12(11)19)13-17-10-4-2-1-3-7(10)14(20)18-13/h1-6,19H,(H,17,18,20). The SMILES string of the molecule is O=c1[nH]c(-c2ccc(F)c(Br)c2O)nc2ccccc12. The highest BCUT2D eigenvalue weighted by Gasteiger charge is 2.14. The Morgan fingerprint density at radius 2 is 1.95 bits per heavy atom. The fourth-order valence-electron chi connectivity index (χ4n) is 1.95. The number of aromatic nitrogens is 2. The smallest absolute Gasteiger partial charge is 0.259 e. The van der Waals surface area contributed by atoms with Gasteiger partial charge >= 0.3 is 0 Å². The fraction of sp³-hybridized carbons (Fsp3) is 0. The summed E-state index contributed by atoms with van der Waals surface area (Å²) in [5.74, 6) is -0.704. The van der Waals surface area contributed by atoms with Crippen molar-refractivity contribution >= 4 is 26.8 Å². The zero-order chi connectivity index (χ0) is 14.3. The van der Waals surface area contributed by atoms with E-state index in [2.05, 4.69) is 25.9 Å². The molecule has 0 saturated carbocycles. The van der Waals surface area contributed by atoms with Gasteiger partial charge in [-0.2, -0.15) is 0 Å². The largest absolute Gasteiger partial charge is 0.506 e. The number of aromatic hydroxyl groups is 1. The predicted octanol–water partition coefficient (Wildman–Crippen LogP) is 3.20. The summed E-state index contributed by atoms with van der Waals surface area (Å²) in [7, 11) is 0. The van der Waals surface area contributed by atoms with Gasteiger partial charge < -0.3 is 10.1 Å². The first-order valence-electron chi connectivity index (χ1n) is 5.74. The molecule has 0 aliphatic heterocycles. The lowest BCUT2D eigenvalue weighted by Crippen LogP contribution is -2.09. The highest BCUT2D eigenvalue weighted by molar-refractivity contribution is 9.10. The van der Waals surface area contributed by atoms with Gasteiger partial charge in [0.25, 0.3) is 5.56 Å². The van der Waals surface area contributed by atoms with Crippen molar-refractivity contribution in [2.75, 3.05) is 0 Å². The Hall–Kier alpha value is -2.21. The normalized spacial score (nSPS) is 10.9. The second-order valence-electron chi connectivity index (χ2n) is 4.19. The van der Waals surface area contributed by atoms with E-state index in [4.69, 9.17) is 0 Å². The van der Waals surface area contributed by atoms with Crippen molar-refractivity contribution in [3.05, 3.63) is 57.0 Å². The number of para-hydroxylation sites is 1. The van der Waals surface area contributed by atoms with Gasteiger partial charge in [-0.1, -0.05) is 12.1 Å². The average molecular weight is 335 g/mol. The summed E-state index contributed by atoms with van der Waals surface area (Å²) in [5, 5.41) is 10.4. The Morgan fingerprint density at radius 3 is 2.75 bits per heavy atom. The summed E-state index contributed by atoms with van der Waals surface area (Å²) >= 11 is 2.95. The topological polar surface area (TPSA) is 66.0 Å². The summed E-state index contributed by atoms with van der Waals surface area (Å²) in [6, 6.07) is 9.41. The number of phenolic OH excluding ortho intramolecular Hbond substituents is 1. The Bertz CT molecular complexity index is 877.